The minimum absolute atomic E-state index is 0.105. The first kappa shape index (κ1) is 20.2. The minimum atomic E-state index is -0.188. The quantitative estimate of drug-likeness (QED) is 0.802. The van der Waals surface area contributed by atoms with E-state index < -0.39 is 0 Å². The number of fused-ring (bicyclic) bond motifs is 1. The zero-order chi connectivity index (χ0) is 20.3. The lowest BCUT2D eigenvalue weighted by atomic mass is 10.1. The van der Waals surface area contributed by atoms with Crippen molar-refractivity contribution in [1.82, 2.24) is 10.3 Å². The molecule has 1 aliphatic rings. The summed E-state index contributed by atoms with van der Waals surface area (Å²) in [5.74, 6) is 0.705. The highest BCUT2D eigenvalue weighted by Gasteiger charge is 2.26. The summed E-state index contributed by atoms with van der Waals surface area (Å²) >= 11 is 1.68. The molecule has 3 amide bonds. The molecule has 2 heterocycles. The number of aryl methyl sites for hydroxylation is 2. The standard InChI is InChI=1S/C21H26N4O2S/c1-5-14(3)22-19(26)16-6-8-17(9-7-16)24-21(27)25-10-11-28-20-18(25)13(2)12-15(4)23-20/h6-9,12,14H,5,10-11H2,1-4H3,(H,22,26)(H,24,27)/t14-/m1/s1. The molecule has 3 rings (SSSR count). The Morgan fingerprint density at radius 2 is 1.96 bits per heavy atom. The van der Waals surface area contributed by atoms with Gasteiger partial charge >= 0.3 is 6.03 Å². The molecule has 148 valence electrons. The van der Waals surface area contributed by atoms with Crippen LogP contribution in [0.25, 0.3) is 0 Å². The zero-order valence-electron chi connectivity index (χ0n) is 16.7. The largest absolute Gasteiger partial charge is 0.350 e. The summed E-state index contributed by atoms with van der Waals surface area (Å²) in [6.07, 6.45) is 0.878. The molecule has 0 saturated heterocycles. The number of nitrogens with one attached hydrogen (secondary N) is 2. The predicted molar refractivity (Wildman–Crippen MR) is 114 cm³/mol. The third-order valence-corrected chi connectivity index (χ3v) is 5.68. The van der Waals surface area contributed by atoms with Gasteiger partial charge in [0.25, 0.3) is 5.91 Å². The molecule has 0 fully saturated rings. The highest BCUT2D eigenvalue weighted by Crippen LogP contribution is 2.36. The highest BCUT2D eigenvalue weighted by molar-refractivity contribution is 7.99. The normalized spacial score (nSPS) is 14.2. The number of aromatic nitrogens is 1. The highest BCUT2D eigenvalue weighted by atomic mass is 32.2. The van der Waals surface area contributed by atoms with Crippen molar-refractivity contribution in [2.75, 3.05) is 22.5 Å². The van der Waals surface area contributed by atoms with Crippen LogP contribution in [0.1, 0.15) is 41.9 Å². The lowest BCUT2D eigenvalue weighted by molar-refractivity contribution is 0.0939. The van der Waals surface area contributed by atoms with E-state index in [1.54, 1.807) is 40.9 Å². The second-order valence-corrected chi connectivity index (χ2v) is 8.11. The number of hydrogen-bond donors (Lipinski definition) is 2. The third-order valence-electron chi connectivity index (χ3n) is 4.74. The van der Waals surface area contributed by atoms with Gasteiger partial charge in [0, 0.05) is 35.3 Å². The van der Waals surface area contributed by atoms with Gasteiger partial charge in [0.15, 0.2) is 0 Å². The molecule has 0 radical (unpaired) electrons. The summed E-state index contributed by atoms with van der Waals surface area (Å²) in [6, 6.07) is 8.89. The van der Waals surface area contributed by atoms with Crippen LogP contribution in [0.4, 0.5) is 16.2 Å². The summed E-state index contributed by atoms with van der Waals surface area (Å²) in [7, 11) is 0. The van der Waals surface area contributed by atoms with Gasteiger partial charge in [0.1, 0.15) is 5.03 Å². The number of amides is 3. The van der Waals surface area contributed by atoms with Crippen LogP contribution in [-0.2, 0) is 0 Å². The van der Waals surface area contributed by atoms with Gasteiger partial charge in [-0.25, -0.2) is 9.78 Å². The second kappa shape index (κ2) is 8.65. The maximum absolute atomic E-state index is 12.9. The zero-order valence-corrected chi connectivity index (χ0v) is 17.5. The number of hydrogen-bond acceptors (Lipinski definition) is 4. The lowest BCUT2D eigenvalue weighted by Gasteiger charge is -2.30. The van der Waals surface area contributed by atoms with Gasteiger partial charge in [0.05, 0.1) is 5.69 Å². The molecule has 0 saturated carbocycles. The molecule has 1 aromatic carbocycles. The molecular weight excluding hydrogens is 372 g/mol. The van der Waals surface area contributed by atoms with Crippen molar-refractivity contribution in [2.24, 2.45) is 0 Å². The van der Waals surface area contributed by atoms with Gasteiger partial charge in [-0.05, 0) is 63.1 Å². The summed E-state index contributed by atoms with van der Waals surface area (Å²) in [4.78, 5) is 31.4. The number of carbonyl (C=O) groups is 2. The summed E-state index contributed by atoms with van der Waals surface area (Å²) < 4.78 is 0. The maximum atomic E-state index is 12.9. The van der Waals surface area contributed by atoms with E-state index in [0.717, 1.165) is 34.1 Å². The minimum Gasteiger partial charge on any atom is -0.350 e. The molecule has 0 spiro atoms. The van der Waals surface area contributed by atoms with E-state index in [1.807, 2.05) is 33.8 Å². The average molecular weight is 399 g/mol. The Morgan fingerprint density at radius 3 is 2.64 bits per heavy atom. The van der Waals surface area contributed by atoms with Crippen LogP contribution in [0.15, 0.2) is 35.4 Å². The van der Waals surface area contributed by atoms with Crippen molar-refractivity contribution in [2.45, 2.75) is 45.2 Å². The molecule has 0 unspecified atom stereocenters. The number of thioether (sulfide) groups is 1. The van der Waals surface area contributed by atoms with E-state index in [0.29, 0.717) is 17.8 Å². The first-order valence-corrected chi connectivity index (χ1v) is 10.5. The van der Waals surface area contributed by atoms with E-state index in [1.165, 1.54) is 0 Å². The number of urea groups is 1. The van der Waals surface area contributed by atoms with E-state index >= 15 is 0 Å². The topological polar surface area (TPSA) is 74.3 Å². The van der Waals surface area contributed by atoms with Crippen molar-refractivity contribution < 1.29 is 9.59 Å². The van der Waals surface area contributed by atoms with E-state index in [2.05, 4.69) is 15.6 Å². The molecule has 1 aromatic heterocycles. The van der Waals surface area contributed by atoms with Crippen molar-refractivity contribution in [3.8, 4) is 0 Å². The third kappa shape index (κ3) is 4.47. The van der Waals surface area contributed by atoms with Gasteiger partial charge in [-0.3, -0.25) is 9.69 Å². The van der Waals surface area contributed by atoms with Gasteiger partial charge in [-0.2, -0.15) is 0 Å². The molecule has 0 bridgehead atoms. The van der Waals surface area contributed by atoms with Crippen LogP contribution in [0.3, 0.4) is 0 Å². The number of nitrogens with zero attached hydrogens (tertiary/aromatic N) is 2. The fourth-order valence-electron chi connectivity index (χ4n) is 3.08. The van der Waals surface area contributed by atoms with E-state index in [-0.39, 0.29) is 18.0 Å². The summed E-state index contributed by atoms with van der Waals surface area (Å²) in [6.45, 7) is 8.60. The first-order chi connectivity index (χ1) is 13.4. The van der Waals surface area contributed by atoms with E-state index in [9.17, 15) is 9.59 Å². The predicted octanol–water partition coefficient (Wildman–Crippen LogP) is 4.37. The molecule has 1 atom stereocenters. The SMILES string of the molecule is CC[C@@H](C)NC(=O)c1ccc(NC(=O)N2CCSc3nc(C)cc(C)c32)cc1. The average Bonchev–Trinajstić information content (AvgIpc) is 2.67. The smallest absolute Gasteiger partial charge is 0.326 e. The van der Waals surface area contributed by atoms with Crippen LogP contribution in [0, 0.1) is 13.8 Å². The number of carbonyl (C=O) groups excluding carboxylic acids is 2. The Morgan fingerprint density at radius 1 is 1.25 bits per heavy atom. The molecule has 6 nitrogen and oxygen atoms in total. The Kier molecular flexibility index (Phi) is 6.24. The fraction of sp³-hybridized carbons (Fsp3) is 0.381. The van der Waals surface area contributed by atoms with Crippen LogP contribution in [0.5, 0.6) is 0 Å². The summed E-state index contributed by atoms with van der Waals surface area (Å²) in [5, 5.41) is 6.77. The van der Waals surface area contributed by atoms with Gasteiger partial charge in [0.2, 0.25) is 0 Å². The lowest BCUT2D eigenvalue weighted by Crippen LogP contribution is -2.39. The van der Waals surface area contributed by atoms with Crippen molar-refractivity contribution in [3.63, 3.8) is 0 Å². The molecule has 28 heavy (non-hydrogen) atoms. The van der Waals surface area contributed by atoms with E-state index in [4.69, 9.17) is 0 Å². The van der Waals surface area contributed by atoms with Crippen molar-refractivity contribution >= 4 is 35.1 Å². The number of anilines is 2. The molecule has 7 heteroatoms. The monoisotopic (exact) mass is 398 g/mol. The van der Waals surface area contributed by atoms with Gasteiger partial charge < -0.3 is 10.6 Å². The first-order valence-electron chi connectivity index (χ1n) is 9.49. The molecule has 2 N–H and O–H groups in total. The number of benzene rings is 1. The van der Waals surface area contributed by atoms with Crippen molar-refractivity contribution in [1.29, 1.82) is 0 Å². The molecule has 1 aliphatic heterocycles. The van der Waals surface area contributed by atoms with Gasteiger partial charge in [-0.15, -0.1) is 11.8 Å². The second-order valence-electron chi connectivity index (χ2n) is 7.02. The van der Waals surface area contributed by atoms with Crippen molar-refractivity contribution in [3.05, 3.63) is 47.2 Å². The Balaban J connectivity index is 1.72. The molecule has 2 aromatic rings. The Hall–Kier alpha value is -2.54. The van der Waals surface area contributed by atoms with Crippen LogP contribution >= 0.6 is 11.8 Å². The van der Waals surface area contributed by atoms with Gasteiger partial charge in [-0.1, -0.05) is 6.92 Å². The van der Waals surface area contributed by atoms with Crippen LogP contribution in [-0.4, -0.2) is 35.3 Å². The fourth-order valence-corrected chi connectivity index (χ4v) is 4.16. The number of pyridine rings is 1. The molecule has 0 aliphatic carbocycles. The summed E-state index contributed by atoms with van der Waals surface area (Å²) in [5.41, 5.74) is 4.11. The maximum Gasteiger partial charge on any atom is 0.326 e. The van der Waals surface area contributed by atoms with Crippen LogP contribution < -0.4 is 15.5 Å². The number of rotatable bonds is 4. The molecular formula is C21H26N4O2S. The van der Waals surface area contributed by atoms with Crippen LogP contribution in [0.2, 0.25) is 0 Å². The Bertz CT molecular complexity index is 883. The Labute approximate surface area is 170 Å².